The summed E-state index contributed by atoms with van der Waals surface area (Å²) >= 11 is 6.09. The van der Waals surface area contributed by atoms with E-state index in [9.17, 15) is 5.11 Å². The molecule has 1 aliphatic heterocycles. The molecule has 2 atom stereocenters. The highest BCUT2D eigenvalue weighted by atomic mass is 35.5. The van der Waals surface area contributed by atoms with Crippen LogP contribution >= 0.6 is 11.6 Å². The molecular formula is C25H25ClN2O3. The number of phenolic OH excluding ortho intramolecular Hbond substituents is 1. The molecule has 160 valence electrons. The van der Waals surface area contributed by atoms with Crippen molar-refractivity contribution in [3.05, 3.63) is 94.5 Å². The first-order valence-corrected chi connectivity index (χ1v) is 10.6. The minimum Gasteiger partial charge on any atom is -0.504 e. The summed E-state index contributed by atoms with van der Waals surface area (Å²) in [5.74, 6) is 1.38. The Labute approximate surface area is 187 Å². The zero-order valence-electron chi connectivity index (χ0n) is 17.4. The second-order valence-corrected chi connectivity index (χ2v) is 7.61. The highest BCUT2D eigenvalue weighted by molar-refractivity contribution is 6.30. The first-order chi connectivity index (χ1) is 15.1. The number of hydrogen-bond acceptors (Lipinski definition) is 5. The van der Waals surface area contributed by atoms with E-state index in [1.807, 2.05) is 67.6 Å². The maximum Gasteiger partial charge on any atom is 0.162 e. The third kappa shape index (κ3) is 4.48. The van der Waals surface area contributed by atoms with Crippen molar-refractivity contribution in [2.24, 2.45) is 0 Å². The van der Waals surface area contributed by atoms with Gasteiger partial charge >= 0.3 is 0 Å². The number of aromatic hydroxyl groups is 1. The molecule has 0 aliphatic carbocycles. The standard InChI is InChI=1S/C25H25ClN2O3/c1-3-31-23-10-6-8-18(24(23)29)21-15-20(16-11-13-17(26)14-12-16)27-25(28-21)19-7-4-5-9-22(19)30-2/h4-15,21,25,27-29H,3H2,1-2H3. The summed E-state index contributed by atoms with van der Waals surface area (Å²) in [4.78, 5) is 0. The van der Waals surface area contributed by atoms with Crippen LogP contribution in [0.5, 0.6) is 17.2 Å². The SMILES string of the molecule is CCOc1cccc(C2C=C(c3ccc(Cl)cc3)NC(c3ccccc3OC)N2)c1O. The van der Waals surface area contributed by atoms with Crippen molar-refractivity contribution in [1.82, 2.24) is 10.6 Å². The van der Waals surface area contributed by atoms with Crippen LogP contribution in [0.4, 0.5) is 0 Å². The predicted octanol–water partition coefficient (Wildman–Crippen LogP) is 5.43. The normalized spacial score (nSPS) is 18.1. The second kappa shape index (κ2) is 9.33. The monoisotopic (exact) mass is 436 g/mol. The van der Waals surface area contributed by atoms with E-state index in [4.69, 9.17) is 21.1 Å². The average molecular weight is 437 g/mol. The fraction of sp³-hybridized carbons (Fsp3) is 0.200. The van der Waals surface area contributed by atoms with Crippen LogP contribution < -0.4 is 20.1 Å². The molecule has 3 N–H and O–H groups in total. The zero-order chi connectivity index (χ0) is 21.8. The Balaban J connectivity index is 1.79. The van der Waals surface area contributed by atoms with Crippen LogP contribution in [0.15, 0.2) is 72.8 Å². The summed E-state index contributed by atoms with van der Waals surface area (Å²) in [5, 5.41) is 18.7. The molecule has 0 amide bonds. The van der Waals surface area contributed by atoms with Crippen molar-refractivity contribution in [1.29, 1.82) is 0 Å². The molecule has 0 bridgehead atoms. The van der Waals surface area contributed by atoms with E-state index in [2.05, 4.69) is 16.7 Å². The lowest BCUT2D eigenvalue weighted by atomic mass is 9.97. The minimum atomic E-state index is -0.262. The maximum absolute atomic E-state index is 10.9. The molecule has 1 heterocycles. The topological polar surface area (TPSA) is 62.8 Å². The number of hydrogen-bond donors (Lipinski definition) is 3. The summed E-state index contributed by atoms with van der Waals surface area (Å²) in [6, 6.07) is 20.8. The molecule has 0 aromatic heterocycles. The van der Waals surface area contributed by atoms with Crippen molar-refractivity contribution in [2.45, 2.75) is 19.1 Å². The number of halogens is 1. The molecule has 0 saturated heterocycles. The molecule has 1 aliphatic rings. The van der Waals surface area contributed by atoms with Gasteiger partial charge in [0, 0.05) is 21.8 Å². The van der Waals surface area contributed by atoms with E-state index in [0.717, 1.165) is 28.1 Å². The molecule has 6 heteroatoms. The number of para-hydroxylation sites is 2. The van der Waals surface area contributed by atoms with Crippen molar-refractivity contribution < 1.29 is 14.6 Å². The minimum absolute atomic E-state index is 0.134. The summed E-state index contributed by atoms with van der Waals surface area (Å²) in [5.41, 5.74) is 3.63. The van der Waals surface area contributed by atoms with Gasteiger partial charge in [-0.2, -0.15) is 0 Å². The molecule has 0 radical (unpaired) electrons. The van der Waals surface area contributed by atoms with Gasteiger partial charge in [0.25, 0.3) is 0 Å². The van der Waals surface area contributed by atoms with E-state index in [0.29, 0.717) is 17.4 Å². The van der Waals surface area contributed by atoms with Crippen LogP contribution in [0.25, 0.3) is 5.70 Å². The van der Waals surface area contributed by atoms with Gasteiger partial charge in [-0.15, -0.1) is 0 Å². The average Bonchev–Trinajstić information content (AvgIpc) is 2.80. The van der Waals surface area contributed by atoms with Gasteiger partial charge < -0.3 is 19.9 Å². The van der Waals surface area contributed by atoms with E-state index in [1.165, 1.54) is 0 Å². The summed E-state index contributed by atoms with van der Waals surface area (Å²) in [6.45, 7) is 2.37. The molecule has 5 nitrogen and oxygen atoms in total. The van der Waals surface area contributed by atoms with Crippen molar-refractivity contribution in [3.63, 3.8) is 0 Å². The van der Waals surface area contributed by atoms with Crippen LogP contribution in [0, 0.1) is 0 Å². The van der Waals surface area contributed by atoms with Crippen molar-refractivity contribution in [2.75, 3.05) is 13.7 Å². The zero-order valence-corrected chi connectivity index (χ0v) is 18.2. The molecule has 0 saturated carbocycles. The first-order valence-electron chi connectivity index (χ1n) is 10.2. The summed E-state index contributed by atoms with van der Waals surface area (Å²) in [6.07, 6.45) is 1.81. The van der Waals surface area contributed by atoms with Crippen molar-refractivity contribution >= 4 is 17.3 Å². The van der Waals surface area contributed by atoms with Gasteiger partial charge in [0.15, 0.2) is 11.5 Å². The largest absolute Gasteiger partial charge is 0.504 e. The van der Waals surface area contributed by atoms with Crippen LogP contribution in [0.1, 0.15) is 35.8 Å². The molecule has 3 aromatic carbocycles. The first kappa shape index (κ1) is 21.1. The highest BCUT2D eigenvalue weighted by Crippen LogP contribution is 2.39. The smallest absolute Gasteiger partial charge is 0.162 e. The number of nitrogens with one attached hydrogen (secondary N) is 2. The number of methoxy groups -OCH3 is 1. The fourth-order valence-electron chi connectivity index (χ4n) is 3.76. The van der Waals surface area contributed by atoms with Crippen LogP contribution in [0.3, 0.4) is 0 Å². The quantitative estimate of drug-likeness (QED) is 0.481. The fourth-order valence-corrected chi connectivity index (χ4v) is 3.89. The lowest BCUT2D eigenvalue weighted by molar-refractivity contribution is 0.314. The summed E-state index contributed by atoms with van der Waals surface area (Å²) in [7, 11) is 1.66. The van der Waals surface area contributed by atoms with Gasteiger partial charge in [-0.3, -0.25) is 5.32 Å². The van der Waals surface area contributed by atoms with E-state index in [-0.39, 0.29) is 18.0 Å². The Kier molecular flexibility index (Phi) is 6.35. The maximum atomic E-state index is 10.9. The van der Waals surface area contributed by atoms with Gasteiger partial charge in [-0.1, -0.05) is 54.1 Å². The third-order valence-corrected chi connectivity index (χ3v) is 5.50. The van der Waals surface area contributed by atoms with Crippen molar-refractivity contribution in [3.8, 4) is 17.2 Å². The van der Waals surface area contributed by atoms with E-state index in [1.54, 1.807) is 13.2 Å². The van der Waals surface area contributed by atoms with Gasteiger partial charge in [0.1, 0.15) is 11.9 Å². The number of phenols is 1. The predicted molar refractivity (Wildman–Crippen MR) is 123 cm³/mol. The molecule has 3 aromatic rings. The van der Waals surface area contributed by atoms with Gasteiger partial charge in [-0.05, 0) is 42.8 Å². The Bertz CT molecular complexity index is 1080. The van der Waals surface area contributed by atoms with Crippen LogP contribution in [-0.2, 0) is 0 Å². The molecular weight excluding hydrogens is 412 g/mol. The number of ether oxygens (including phenoxy) is 2. The molecule has 0 fully saturated rings. The Morgan fingerprint density at radius 1 is 0.935 bits per heavy atom. The Hall–Kier alpha value is -3.15. The van der Waals surface area contributed by atoms with Gasteiger partial charge in [-0.25, -0.2) is 0 Å². The molecule has 4 rings (SSSR count). The highest BCUT2D eigenvalue weighted by Gasteiger charge is 2.28. The number of benzene rings is 3. The Morgan fingerprint density at radius 2 is 1.65 bits per heavy atom. The molecule has 31 heavy (non-hydrogen) atoms. The van der Waals surface area contributed by atoms with Gasteiger partial charge in [0.05, 0.1) is 19.8 Å². The molecule has 0 spiro atoms. The van der Waals surface area contributed by atoms with Crippen LogP contribution in [-0.4, -0.2) is 18.8 Å². The third-order valence-electron chi connectivity index (χ3n) is 5.25. The Morgan fingerprint density at radius 3 is 2.39 bits per heavy atom. The lowest BCUT2D eigenvalue weighted by Crippen LogP contribution is -2.39. The number of rotatable bonds is 6. The summed E-state index contributed by atoms with van der Waals surface area (Å²) < 4.78 is 11.2. The second-order valence-electron chi connectivity index (χ2n) is 7.18. The van der Waals surface area contributed by atoms with Gasteiger partial charge in [0.2, 0.25) is 0 Å². The molecule has 2 unspecified atom stereocenters. The lowest BCUT2D eigenvalue weighted by Gasteiger charge is -2.34. The van der Waals surface area contributed by atoms with E-state index >= 15 is 0 Å². The van der Waals surface area contributed by atoms with E-state index < -0.39 is 0 Å². The van der Waals surface area contributed by atoms with Crippen LogP contribution in [0.2, 0.25) is 5.02 Å².